The summed E-state index contributed by atoms with van der Waals surface area (Å²) in [5, 5.41) is 6.94. The lowest BCUT2D eigenvalue weighted by Crippen LogP contribution is -2.15. The molecule has 0 unspecified atom stereocenters. The van der Waals surface area contributed by atoms with Crippen LogP contribution in [0.3, 0.4) is 0 Å². The average Bonchev–Trinajstić information content (AvgIpc) is 3.20. The van der Waals surface area contributed by atoms with Gasteiger partial charge in [0.15, 0.2) is 0 Å². The maximum absolute atomic E-state index is 12.6. The van der Waals surface area contributed by atoms with Crippen LogP contribution in [0.15, 0.2) is 35.0 Å². The molecule has 0 aliphatic carbocycles. The second-order valence-corrected chi connectivity index (χ2v) is 6.77. The third-order valence-corrected chi connectivity index (χ3v) is 4.90. The van der Waals surface area contributed by atoms with Crippen molar-refractivity contribution in [3.63, 3.8) is 0 Å². The summed E-state index contributed by atoms with van der Waals surface area (Å²) in [6.45, 7) is 4.69. The molecule has 0 radical (unpaired) electrons. The van der Waals surface area contributed by atoms with E-state index in [0.29, 0.717) is 5.76 Å². The number of para-hydroxylation sites is 1. The molecule has 0 saturated heterocycles. The second kappa shape index (κ2) is 6.78. The minimum atomic E-state index is -0.0872. The lowest BCUT2D eigenvalue weighted by atomic mass is 10.1. The molecular weight excluding hydrogens is 328 g/mol. The van der Waals surface area contributed by atoms with Crippen molar-refractivity contribution in [3.05, 3.63) is 53.3 Å². The number of rotatable bonds is 4. The standard InChI is InChI=1S/C20H22N4O2/c1-13-16(14(2)26-23-13)11-20(25)22-17-8-4-3-7-15(17)18-12-24-10-6-5-9-19(24)21-18/h3-4,7-8,12H,5-6,9-11H2,1-2H3,(H,22,25). The second-order valence-electron chi connectivity index (χ2n) is 6.77. The Morgan fingerprint density at radius 3 is 2.88 bits per heavy atom. The average molecular weight is 350 g/mol. The van der Waals surface area contributed by atoms with Crippen LogP contribution in [0.25, 0.3) is 11.3 Å². The molecule has 1 N–H and O–H groups in total. The van der Waals surface area contributed by atoms with Crippen LogP contribution in [0.2, 0.25) is 0 Å². The molecule has 134 valence electrons. The van der Waals surface area contributed by atoms with Crippen molar-refractivity contribution < 1.29 is 9.32 Å². The first-order valence-corrected chi connectivity index (χ1v) is 8.99. The third-order valence-electron chi connectivity index (χ3n) is 4.90. The van der Waals surface area contributed by atoms with E-state index >= 15 is 0 Å². The van der Waals surface area contributed by atoms with Gasteiger partial charge in [0.05, 0.1) is 23.5 Å². The van der Waals surface area contributed by atoms with Crippen molar-refractivity contribution in [1.29, 1.82) is 0 Å². The first-order valence-electron chi connectivity index (χ1n) is 8.99. The summed E-state index contributed by atoms with van der Waals surface area (Å²) in [7, 11) is 0. The topological polar surface area (TPSA) is 73.0 Å². The van der Waals surface area contributed by atoms with Gasteiger partial charge in [-0.3, -0.25) is 4.79 Å². The Kier molecular flexibility index (Phi) is 4.32. The number of amides is 1. The molecule has 1 aliphatic heterocycles. The summed E-state index contributed by atoms with van der Waals surface area (Å²) in [6, 6.07) is 7.81. The van der Waals surface area contributed by atoms with Gasteiger partial charge >= 0.3 is 0 Å². The Balaban J connectivity index is 1.58. The Morgan fingerprint density at radius 2 is 2.12 bits per heavy atom. The molecule has 0 fully saturated rings. The Bertz CT molecular complexity index is 912. The number of carbonyl (C=O) groups is 1. The summed E-state index contributed by atoms with van der Waals surface area (Å²) in [5.41, 5.74) is 4.24. The van der Waals surface area contributed by atoms with E-state index in [-0.39, 0.29) is 12.3 Å². The van der Waals surface area contributed by atoms with Crippen molar-refractivity contribution in [2.24, 2.45) is 0 Å². The van der Waals surface area contributed by atoms with E-state index in [1.165, 1.54) is 12.8 Å². The number of imidazole rings is 1. The number of carbonyl (C=O) groups excluding carboxylic acids is 1. The smallest absolute Gasteiger partial charge is 0.229 e. The van der Waals surface area contributed by atoms with Crippen molar-refractivity contribution in [2.45, 2.75) is 46.1 Å². The zero-order valence-corrected chi connectivity index (χ0v) is 15.1. The molecule has 3 heterocycles. The molecule has 3 aromatic rings. The molecule has 1 aliphatic rings. The molecule has 0 bridgehead atoms. The molecular formula is C20H22N4O2. The Labute approximate surface area is 152 Å². The number of aromatic nitrogens is 3. The van der Waals surface area contributed by atoms with Gasteiger partial charge in [-0.25, -0.2) is 4.98 Å². The van der Waals surface area contributed by atoms with Gasteiger partial charge in [-0.15, -0.1) is 0 Å². The van der Waals surface area contributed by atoms with Crippen molar-refractivity contribution in [1.82, 2.24) is 14.7 Å². The maximum atomic E-state index is 12.6. The number of benzene rings is 1. The summed E-state index contributed by atoms with van der Waals surface area (Å²) in [6.07, 6.45) is 5.73. The molecule has 6 heteroatoms. The van der Waals surface area contributed by atoms with Gasteiger partial charge in [0, 0.05) is 30.3 Å². The number of hydrogen-bond acceptors (Lipinski definition) is 4. The zero-order valence-electron chi connectivity index (χ0n) is 15.1. The van der Waals surface area contributed by atoms with Crippen molar-refractivity contribution in [2.75, 3.05) is 5.32 Å². The summed E-state index contributed by atoms with van der Waals surface area (Å²) in [5.74, 6) is 1.73. The van der Waals surface area contributed by atoms with E-state index in [9.17, 15) is 4.79 Å². The number of nitrogens with one attached hydrogen (secondary N) is 1. The fourth-order valence-corrected chi connectivity index (χ4v) is 3.47. The monoisotopic (exact) mass is 350 g/mol. The minimum absolute atomic E-state index is 0.0872. The van der Waals surface area contributed by atoms with Gasteiger partial charge in [-0.1, -0.05) is 23.4 Å². The molecule has 1 amide bonds. The van der Waals surface area contributed by atoms with E-state index in [1.807, 2.05) is 38.1 Å². The number of aryl methyl sites for hydroxylation is 4. The van der Waals surface area contributed by atoms with Crippen LogP contribution in [0.5, 0.6) is 0 Å². The lowest BCUT2D eigenvalue weighted by Gasteiger charge is -2.11. The Morgan fingerprint density at radius 1 is 1.27 bits per heavy atom. The van der Waals surface area contributed by atoms with Crippen LogP contribution in [0, 0.1) is 13.8 Å². The minimum Gasteiger partial charge on any atom is -0.361 e. The fourth-order valence-electron chi connectivity index (χ4n) is 3.47. The van der Waals surface area contributed by atoms with Crippen LogP contribution >= 0.6 is 0 Å². The first kappa shape index (κ1) is 16.6. The zero-order chi connectivity index (χ0) is 18.1. The fraction of sp³-hybridized carbons (Fsp3) is 0.350. The van der Waals surface area contributed by atoms with Crippen molar-refractivity contribution >= 4 is 11.6 Å². The van der Waals surface area contributed by atoms with Gasteiger partial charge in [-0.2, -0.15) is 0 Å². The van der Waals surface area contributed by atoms with Crippen molar-refractivity contribution in [3.8, 4) is 11.3 Å². The summed E-state index contributed by atoms with van der Waals surface area (Å²) in [4.78, 5) is 17.3. The normalized spacial score (nSPS) is 13.5. The molecule has 4 rings (SSSR count). The highest BCUT2D eigenvalue weighted by Crippen LogP contribution is 2.29. The van der Waals surface area contributed by atoms with E-state index in [0.717, 1.165) is 47.0 Å². The number of hydrogen-bond donors (Lipinski definition) is 1. The van der Waals surface area contributed by atoms with Crippen LogP contribution in [0.1, 0.15) is 35.7 Å². The lowest BCUT2D eigenvalue weighted by molar-refractivity contribution is -0.115. The van der Waals surface area contributed by atoms with E-state index in [4.69, 9.17) is 9.51 Å². The molecule has 26 heavy (non-hydrogen) atoms. The molecule has 0 spiro atoms. The summed E-state index contributed by atoms with van der Waals surface area (Å²) >= 11 is 0. The Hall–Kier alpha value is -2.89. The van der Waals surface area contributed by atoms with Crippen LogP contribution in [-0.2, 0) is 24.2 Å². The maximum Gasteiger partial charge on any atom is 0.229 e. The van der Waals surface area contributed by atoms with Gasteiger partial charge in [0.1, 0.15) is 11.6 Å². The predicted molar refractivity (Wildman–Crippen MR) is 98.9 cm³/mol. The van der Waals surface area contributed by atoms with Crippen LogP contribution in [0.4, 0.5) is 5.69 Å². The molecule has 0 atom stereocenters. The highest BCUT2D eigenvalue weighted by Gasteiger charge is 2.17. The van der Waals surface area contributed by atoms with Crippen LogP contribution in [-0.4, -0.2) is 20.6 Å². The molecule has 1 aromatic carbocycles. The van der Waals surface area contributed by atoms with E-state index < -0.39 is 0 Å². The predicted octanol–water partition coefficient (Wildman–Crippen LogP) is 3.67. The van der Waals surface area contributed by atoms with Crippen LogP contribution < -0.4 is 5.32 Å². The van der Waals surface area contributed by atoms with Gasteiger partial charge in [0.25, 0.3) is 0 Å². The van der Waals surface area contributed by atoms with E-state index in [2.05, 4.69) is 21.2 Å². The number of fused-ring (bicyclic) bond motifs is 1. The largest absolute Gasteiger partial charge is 0.361 e. The molecule has 0 saturated carbocycles. The summed E-state index contributed by atoms with van der Waals surface area (Å²) < 4.78 is 7.37. The third kappa shape index (κ3) is 3.14. The van der Waals surface area contributed by atoms with Gasteiger partial charge in [0.2, 0.25) is 5.91 Å². The molecule has 2 aromatic heterocycles. The highest BCUT2D eigenvalue weighted by molar-refractivity contribution is 5.96. The highest BCUT2D eigenvalue weighted by atomic mass is 16.5. The quantitative estimate of drug-likeness (QED) is 0.779. The van der Waals surface area contributed by atoms with Gasteiger partial charge in [-0.05, 0) is 32.8 Å². The number of anilines is 1. The number of nitrogens with zero attached hydrogens (tertiary/aromatic N) is 3. The first-order chi connectivity index (χ1) is 12.6. The van der Waals surface area contributed by atoms with Gasteiger partial charge < -0.3 is 14.4 Å². The van der Waals surface area contributed by atoms with E-state index in [1.54, 1.807) is 0 Å². The molecule has 6 nitrogen and oxygen atoms in total. The SMILES string of the molecule is Cc1noc(C)c1CC(=O)Nc1ccccc1-c1cn2c(n1)CCCC2.